The predicted octanol–water partition coefficient (Wildman–Crippen LogP) is 5.94. The van der Waals surface area contributed by atoms with Crippen molar-refractivity contribution in [2.75, 3.05) is 0 Å². The van der Waals surface area contributed by atoms with Gasteiger partial charge >= 0.3 is 0 Å². The smallest absolute Gasteiger partial charge is 0.246 e. The molecule has 0 radical (unpaired) electrons. The standard InChI is InChI=1S/C20H31NO3/c1-2-3-4-14-17-20(21(23)24)18-15-12-10-8-6-5-7-9-11-13-16-19-22/h6-9,12,15,17,19H,2-5,10-11,13-14,16,18H2,1H3/b8-6+,9-7+,15-12+,20-17-. The fraction of sp³-hybridized carbons (Fsp3) is 0.550. The molecule has 0 spiro atoms. The summed E-state index contributed by atoms with van der Waals surface area (Å²) in [6.45, 7) is 2.12. The molecule has 0 rings (SSSR count). The van der Waals surface area contributed by atoms with Crippen LogP contribution in [0, 0.1) is 10.1 Å². The van der Waals surface area contributed by atoms with Gasteiger partial charge in [0.25, 0.3) is 0 Å². The van der Waals surface area contributed by atoms with Crippen LogP contribution in [0.15, 0.2) is 48.2 Å². The zero-order valence-electron chi connectivity index (χ0n) is 14.9. The molecule has 0 aromatic carbocycles. The van der Waals surface area contributed by atoms with Gasteiger partial charge in [0.1, 0.15) is 6.29 Å². The van der Waals surface area contributed by atoms with E-state index < -0.39 is 0 Å². The average Bonchev–Trinajstić information content (AvgIpc) is 2.57. The summed E-state index contributed by atoms with van der Waals surface area (Å²) in [6, 6.07) is 0. The second kappa shape index (κ2) is 17.4. The first-order valence-corrected chi connectivity index (χ1v) is 8.94. The maximum Gasteiger partial charge on any atom is 0.246 e. The lowest BCUT2D eigenvalue weighted by atomic mass is 10.1. The third-order valence-corrected chi connectivity index (χ3v) is 3.49. The van der Waals surface area contributed by atoms with Crippen molar-refractivity contribution in [2.45, 2.75) is 71.1 Å². The highest BCUT2D eigenvalue weighted by molar-refractivity contribution is 5.49. The van der Waals surface area contributed by atoms with Gasteiger partial charge in [-0.05, 0) is 44.6 Å². The molecule has 0 aromatic rings. The van der Waals surface area contributed by atoms with Crippen molar-refractivity contribution in [2.24, 2.45) is 0 Å². The van der Waals surface area contributed by atoms with Crippen molar-refractivity contribution in [1.82, 2.24) is 0 Å². The maximum atomic E-state index is 11.0. The Hall–Kier alpha value is -1.97. The number of nitrogens with zero attached hydrogens (tertiary/aromatic N) is 1. The summed E-state index contributed by atoms with van der Waals surface area (Å²) in [5, 5.41) is 11.0. The second-order valence-corrected chi connectivity index (χ2v) is 5.64. The van der Waals surface area contributed by atoms with E-state index in [2.05, 4.69) is 31.2 Å². The zero-order chi connectivity index (χ0) is 17.9. The number of carbonyl (C=O) groups excluding carboxylic acids is 1. The molecule has 0 saturated heterocycles. The summed E-state index contributed by atoms with van der Waals surface area (Å²) < 4.78 is 0. The van der Waals surface area contributed by atoms with Crippen LogP contribution in [0.25, 0.3) is 0 Å². The third kappa shape index (κ3) is 14.9. The largest absolute Gasteiger partial charge is 0.303 e. The highest BCUT2D eigenvalue weighted by atomic mass is 16.6. The van der Waals surface area contributed by atoms with Crippen LogP contribution in [0.2, 0.25) is 0 Å². The van der Waals surface area contributed by atoms with Crippen LogP contribution in [0.4, 0.5) is 0 Å². The summed E-state index contributed by atoms with van der Waals surface area (Å²) in [5.74, 6) is 0. The third-order valence-electron chi connectivity index (χ3n) is 3.49. The molecule has 0 saturated carbocycles. The Bertz CT molecular complexity index is 448. The van der Waals surface area contributed by atoms with Crippen molar-refractivity contribution >= 4 is 6.29 Å². The van der Waals surface area contributed by atoms with Gasteiger partial charge in [0.05, 0.1) is 11.3 Å². The van der Waals surface area contributed by atoms with Gasteiger partial charge in [0.2, 0.25) is 5.70 Å². The van der Waals surface area contributed by atoms with E-state index in [-0.39, 0.29) is 4.92 Å². The van der Waals surface area contributed by atoms with Crippen LogP contribution in [0.1, 0.15) is 71.1 Å². The molecule has 0 heterocycles. The normalized spacial score (nSPS) is 12.6. The summed E-state index contributed by atoms with van der Waals surface area (Å²) >= 11 is 0. The molecule has 4 heteroatoms. The Kier molecular flexibility index (Phi) is 16.0. The Morgan fingerprint density at radius 2 is 1.54 bits per heavy atom. The predicted molar refractivity (Wildman–Crippen MR) is 100 cm³/mol. The first-order chi connectivity index (χ1) is 11.7. The zero-order valence-corrected chi connectivity index (χ0v) is 14.9. The van der Waals surface area contributed by atoms with Crippen LogP contribution in [0.3, 0.4) is 0 Å². The number of nitro groups is 1. The highest BCUT2D eigenvalue weighted by Gasteiger charge is 2.06. The lowest BCUT2D eigenvalue weighted by Gasteiger charge is -1.95. The molecule has 0 aliphatic carbocycles. The van der Waals surface area contributed by atoms with Crippen molar-refractivity contribution in [3.8, 4) is 0 Å². The summed E-state index contributed by atoms with van der Waals surface area (Å²) in [4.78, 5) is 20.8. The van der Waals surface area contributed by atoms with Gasteiger partial charge < -0.3 is 4.79 Å². The number of hydrogen-bond acceptors (Lipinski definition) is 3. The molecule has 0 aromatic heterocycles. The van der Waals surface area contributed by atoms with Crippen LogP contribution >= 0.6 is 0 Å². The SMILES string of the molecule is CCCCC/C=C(/C/C=C/C/C=C/C/C=C/CCCC=O)[N+](=O)[O-]. The molecule has 0 N–H and O–H groups in total. The number of allylic oxidation sites excluding steroid dienone is 7. The molecule has 0 amide bonds. The Labute approximate surface area is 146 Å². The minimum Gasteiger partial charge on any atom is -0.303 e. The molecule has 24 heavy (non-hydrogen) atoms. The lowest BCUT2D eigenvalue weighted by molar-refractivity contribution is -0.427. The quantitative estimate of drug-likeness (QED) is 0.123. The number of hydrogen-bond donors (Lipinski definition) is 0. The minimum atomic E-state index is -0.276. The number of aldehydes is 1. The first-order valence-electron chi connectivity index (χ1n) is 8.94. The first kappa shape index (κ1) is 22.0. The van der Waals surface area contributed by atoms with Gasteiger partial charge in [-0.2, -0.15) is 0 Å². The van der Waals surface area contributed by atoms with E-state index in [0.717, 1.165) is 57.7 Å². The van der Waals surface area contributed by atoms with Gasteiger partial charge in [-0.25, -0.2) is 0 Å². The second-order valence-electron chi connectivity index (χ2n) is 5.64. The number of unbranched alkanes of at least 4 members (excludes halogenated alkanes) is 5. The summed E-state index contributed by atoms with van der Waals surface area (Å²) in [5.41, 5.74) is 0.296. The topological polar surface area (TPSA) is 60.2 Å². The molecule has 0 aliphatic rings. The van der Waals surface area contributed by atoms with Gasteiger partial charge in [-0.15, -0.1) is 0 Å². The fourth-order valence-corrected chi connectivity index (χ4v) is 2.08. The fourth-order valence-electron chi connectivity index (χ4n) is 2.08. The Balaban J connectivity index is 3.89. The van der Waals surface area contributed by atoms with E-state index in [9.17, 15) is 14.9 Å². The highest BCUT2D eigenvalue weighted by Crippen LogP contribution is 2.09. The Morgan fingerprint density at radius 3 is 2.17 bits per heavy atom. The van der Waals surface area contributed by atoms with Crippen molar-refractivity contribution in [3.05, 3.63) is 58.3 Å². The molecular formula is C20H31NO3. The molecule has 134 valence electrons. The molecule has 4 nitrogen and oxygen atoms in total. The summed E-state index contributed by atoms with van der Waals surface area (Å²) in [6.07, 6.45) is 23.5. The molecule has 0 unspecified atom stereocenters. The van der Waals surface area contributed by atoms with Crippen molar-refractivity contribution in [1.29, 1.82) is 0 Å². The van der Waals surface area contributed by atoms with Crippen LogP contribution in [-0.4, -0.2) is 11.2 Å². The summed E-state index contributed by atoms with van der Waals surface area (Å²) in [7, 11) is 0. The van der Waals surface area contributed by atoms with Crippen molar-refractivity contribution < 1.29 is 9.72 Å². The maximum absolute atomic E-state index is 11.0. The monoisotopic (exact) mass is 333 g/mol. The van der Waals surface area contributed by atoms with Crippen LogP contribution < -0.4 is 0 Å². The lowest BCUT2D eigenvalue weighted by Crippen LogP contribution is -1.97. The number of rotatable bonds is 15. The van der Waals surface area contributed by atoms with Crippen LogP contribution in [-0.2, 0) is 4.79 Å². The average molecular weight is 333 g/mol. The molecular weight excluding hydrogens is 302 g/mol. The minimum absolute atomic E-state index is 0.276. The van der Waals surface area contributed by atoms with Gasteiger partial charge in [-0.1, -0.05) is 56.2 Å². The van der Waals surface area contributed by atoms with Crippen LogP contribution in [0.5, 0.6) is 0 Å². The number of carbonyl (C=O) groups is 1. The van der Waals surface area contributed by atoms with Gasteiger partial charge in [0.15, 0.2) is 0 Å². The Morgan fingerprint density at radius 1 is 0.875 bits per heavy atom. The van der Waals surface area contributed by atoms with E-state index in [4.69, 9.17) is 0 Å². The molecule has 0 fully saturated rings. The van der Waals surface area contributed by atoms with E-state index in [1.165, 1.54) is 0 Å². The molecule has 0 aliphatic heterocycles. The van der Waals surface area contributed by atoms with E-state index in [1.54, 1.807) is 6.08 Å². The van der Waals surface area contributed by atoms with E-state index in [0.29, 0.717) is 18.5 Å². The van der Waals surface area contributed by atoms with Gasteiger partial charge in [0, 0.05) is 6.42 Å². The van der Waals surface area contributed by atoms with Crippen molar-refractivity contribution in [3.63, 3.8) is 0 Å². The molecule has 0 bridgehead atoms. The van der Waals surface area contributed by atoms with E-state index in [1.807, 2.05) is 12.2 Å². The molecule has 0 atom stereocenters. The van der Waals surface area contributed by atoms with Gasteiger partial charge in [-0.3, -0.25) is 10.1 Å². The van der Waals surface area contributed by atoms with E-state index >= 15 is 0 Å².